The summed E-state index contributed by atoms with van der Waals surface area (Å²) in [4.78, 5) is 42.4. The first-order chi connectivity index (χ1) is 32.6. The number of carboxylic acids is 1. The SMILES string of the molecule is CC(C)(C1CCC(OC2CCC(OOCC3CC(CC4CCCCC4)CCC3COO)CC2)CC1)C1CCC(OC2CCC(OC(=O)C3CC(CC4CCCCC4)CCC3C(=O)O)CC2)CC1. The molecule has 384 valence electrons. The number of carbonyl (C=O) groups excluding carboxylic acids is 1. The van der Waals surface area contributed by atoms with E-state index in [0.29, 0.717) is 67.5 Å². The van der Waals surface area contributed by atoms with Crippen LogP contribution in [0.2, 0.25) is 0 Å². The molecule has 8 rings (SSSR count). The van der Waals surface area contributed by atoms with Crippen LogP contribution in [0.1, 0.15) is 232 Å². The van der Waals surface area contributed by atoms with Gasteiger partial charge in [-0.1, -0.05) is 84.5 Å². The van der Waals surface area contributed by atoms with Crippen LogP contribution in [-0.2, 0) is 38.5 Å². The average Bonchev–Trinajstić information content (AvgIpc) is 3.34. The molecule has 6 unspecified atom stereocenters. The van der Waals surface area contributed by atoms with Crippen molar-refractivity contribution >= 4 is 11.9 Å². The summed E-state index contributed by atoms with van der Waals surface area (Å²) < 4.78 is 19.7. The number of hydrogen-bond acceptors (Lipinski definition) is 9. The van der Waals surface area contributed by atoms with Gasteiger partial charge in [0.25, 0.3) is 0 Å². The molecule has 0 saturated heterocycles. The molecule has 0 aromatic heterocycles. The lowest BCUT2D eigenvalue weighted by atomic mass is 9.60. The van der Waals surface area contributed by atoms with Crippen LogP contribution < -0.4 is 0 Å². The third kappa shape index (κ3) is 15.1. The predicted molar refractivity (Wildman–Crippen MR) is 260 cm³/mol. The maximum atomic E-state index is 13.5. The lowest BCUT2D eigenvalue weighted by Gasteiger charge is -2.47. The van der Waals surface area contributed by atoms with Crippen molar-refractivity contribution in [3.63, 3.8) is 0 Å². The number of aliphatic carboxylic acids is 1. The van der Waals surface area contributed by atoms with E-state index >= 15 is 0 Å². The van der Waals surface area contributed by atoms with Crippen molar-refractivity contribution in [3.05, 3.63) is 0 Å². The van der Waals surface area contributed by atoms with Crippen LogP contribution in [0.5, 0.6) is 0 Å². The summed E-state index contributed by atoms with van der Waals surface area (Å²) in [5, 5.41) is 19.3. The van der Waals surface area contributed by atoms with Crippen LogP contribution in [0, 0.1) is 64.6 Å². The second-order valence-electron chi connectivity index (χ2n) is 24.9. The third-order valence-electron chi connectivity index (χ3n) is 20.1. The Kier molecular flexibility index (Phi) is 20.1. The van der Waals surface area contributed by atoms with E-state index in [-0.39, 0.29) is 24.3 Å². The Labute approximate surface area is 406 Å². The maximum absolute atomic E-state index is 13.5. The molecule has 8 aliphatic rings. The summed E-state index contributed by atoms with van der Waals surface area (Å²) in [6.45, 7) is 6.09. The molecule has 67 heavy (non-hydrogen) atoms. The summed E-state index contributed by atoms with van der Waals surface area (Å²) in [5.74, 6) is 2.87. The zero-order valence-electron chi connectivity index (χ0n) is 42.4. The van der Waals surface area contributed by atoms with Gasteiger partial charge in [0, 0.05) is 0 Å². The van der Waals surface area contributed by atoms with Crippen molar-refractivity contribution in [2.75, 3.05) is 13.2 Å². The van der Waals surface area contributed by atoms with Crippen molar-refractivity contribution in [3.8, 4) is 0 Å². The van der Waals surface area contributed by atoms with E-state index in [1.54, 1.807) is 0 Å². The van der Waals surface area contributed by atoms with Gasteiger partial charge in [0.05, 0.1) is 55.6 Å². The van der Waals surface area contributed by atoms with E-state index in [1.807, 2.05) is 0 Å². The Morgan fingerprint density at radius 3 is 1.43 bits per heavy atom. The van der Waals surface area contributed by atoms with Crippen molar-refractivity contribution in [2.45, 2.75) is 269 Å². The molecule has 6 atom stereocenters. The first-order valence-corrected chi connectivity index (χ1v) is 28.9. The Hall–Kier alpha value is -1.30. The molecule has 0 spiro atoms. The average molecular weight is 941 g/mol. The Morgan fingerprint density at radius 2 is 0.925 bits per heavy atom. The van der Waals surface area contributed by atoms with Gasteiger partial charge in [-0.25, -0.2) is 14.7 Å². The molecule has 0 bridgehead atoms. The first kappa shape index (κ1) is 52.0. The van der Waals surface area contributed by atoms with Crippen LogP contribution in [0.4, 0.5) is 0 Å². The minimum absolute atomic E-state index is 0.115. The molecule has 2 N–H and O–H groups in total. The highest BCUT2D eigenvalue weighted by atomic mass is 17.2. The fourth-order valence-electron chi connectivity index (χ4n) is 15.8. The van der Waals surface area contributed by atoms with Crippen LogP contribution in [0.25, 0.3) is 0 Å². The lowest BCUT2D eigenvalue weighted by Crippen LogP contribution is -2.41. The zero-order valence-corrected chi connectivity index (χ0v) is 42.4. The lowest BCUT2D eigenvalue weighted by molar-refractivity contribution is -0.341. The molecule has 0 aromatic carbocycles. The number of carbonyl (C=O) groups is 2. The minimum Gasteiger partial charge on any atom is -0.481 e. The van der Waals surface area contributed by atoms with Gasteiger partial charge in [-0.05, 0) is 200 Å². The van der Waals surface area contributed by atoms with Crippen LogP contribution >= 0.6 is 0 Å². The molecule has 10 nitrogen and oxygen atoms in total. The van der Waals surface area contributed by atoms with Gasteiger partial charge < -0.3 is 19.3 Å². The first-order valence-electron chi connectivity index (χ1n) is 28.9. The highest BCUT2D eigenvalue weighted by molar-refractivity contribution is 5.81. The summed E-state index contributed by atoms with van der Waals surface area (Å²) in [6, 6.07) is 0. The number of hydrogen-bond donors (Lipinski definition) is 2. The highest BCUT2D eigenvalue weighted by Crippen LogP contribution is 2.50. The summed E-state index contributed by atoms with van der Waals surface area (Å²) in [5.41, 5.74) is 0.320. The fraction of sp³-hybridized carbons (Fsp3) is 0.965. The van der Waals surface area contributed by atoms with E-state index in [1.165, 1.54) is 116 Å². The second-order valence-corrected chi connectivity index (χ2v) is 24.9. The summed E-state index contributed by atoms with van der Waals surface area (Å²) >= 11 is 0. The van der Waals surface area contributed by atoms with E-state index < -0.39 is 17.8 Å². The Bertz CT molecular complexity index is 1440. The molecule has 0 aliphatic heterocycles. The molecule has 8 saturated carbocycles. The Balaban J connectivity index is 0.676. The minimum atomic E-state index is -0.832. The monoisotopic (exact) mass is 941 g/mol. The molecule has 10 heteroatoms. The van der Waals surface area contributed by atoms with Gasteiger partial charge in [-0.3, -0.25) is 14.8 Å². The van der Waals surface area contributed by atoms with E-state index in [2.05, 4.69) is 18.7 Å². The molecular weight excluding hydrogens is 845 g/mol. The van der Waals surface area contributed by atoms with Crippen molar-refractivity contribution in [1.29, 1.82) is 0 Å². The van der Waals surface area contributed by atoms with E-state index in [0.717, 1.165) is 119 Å². The van der Waals surface area contributed by atoms with Gasteiger partial charge in [0.2, 0.25) is 0 Å². The molecule has 0 radical (unpaired) electrons. The third-order valence-corrected chi connectivity index (χ3v) is 20.1. The highest BCUT2D eigenvalue weighted by Gasteiger charge is 2.44. The largest absolute Gasteiger partial charge is 0.481 e. The molecule has 0 aromatic rings. The standard InChI is InChI=1S/C57H96O10/c1-57(2,45-16-20-47(21-17-45)64-49-24-26-51(27-25-49)66-56(60)54-36-42(14-32-53(54)55(58)59)34-40-11-7-4-8-12-40)46-18-22-48(23-19-46)65-50-28-30-52(31-29-50)67-63-38-44-35-41(13-15-43(44)37-62-61)33-39-9-5-3-6-10-39/h39-54,61H,3-38H2,1-2H3,(H,58,59). The molecule has 0 amide bonds. The van der Waals surface area contributed by atoms with Gasteiger partial charge in [0.15, 0.2) is 0 Å². The quantitative estimate of drug-likeness (QED) is 0.0733. The summed E-state index contributed by atoms with van der Waals surface area (Å²) in [6.07, 6.45) is 40.3. The number of carboxylic acid groups (broad SMARTS) is 1. The van der Waals surface area contributed by atoms with E-state index in [4.69, 9.17) is 24.0 Å². The molecule has 0 heterocycles. The van der Waals surface area contributed by atoms with Crippen LogP contribution in [-0.4, -0.2) is 72.1 Å². The van der Waals surface area contributed by atoms with Crippen molar-refractivity contribution in [1.82, 2.24) is 0 Å². The smallest absolute Gasteiger partial charge is 0.310 e. The van der Waals surface area contributed by atoms with E-state index in [9.17, 15) is 20.0 Å². The predicted octanol–water partition coefficient (Wildman–Crippen LogP) is 13.9. The van der Waals surface area contributed by atoms with Gasteiger partial charge in [0.1, 0.15) is 6.10 Å². The Morgan fingerprint density at radius 1 is 0.463 bits per heavy atom. The van der Waals surface area contributed by atoms with Crippen molar-refractivity contribution in [2.24, 2.45) is 64.6 Å². The topological polar surface area (TPSA) is 130 Å². The number of rotatable bonds is 19. The maximum Gasteiger partial charge on any atom is 0.310 e. The van der Waals surface area contributed by atoms with Gasteiger partial charge in [-0.15, -0.1) is 0 Å². The van der Waals surface area contributed by atoms with Gasteiger partial charge in [-0.2, -0.15) is 0 Å². The summed E-state index contributed by atoms with van der Waals surface area (Å²) in [7, 11) is 0. The van der Waals surface area contributed by atoms with Crippen molar-refractivity contribution < 1.29 is 48.8 Å². The molecular formula is C57H96O10. The number of esters is 1. The van der Waals surface area contributed by atoms with Crippen LogP contribution in [0.15, 0.2) is 0 Å². The van der Waals surface area contributed by atoms with Crippen LogP contribution in [0.3, 0.4) is 0 Å². The number of ether oxygens (including phenoxy) is 3. The molecule has 8 aliphatic carbocycles. The fourth-order valence-corrected chi connectivity index (χ4v) is 15.8. The van der Waals surface area contributed by atoms with Gasteiger partial charge >= 0.3 is 11.9 Å². The normalized spacial score (nSPS) is 38.9. The second kappa shape index (κ2) is 25.9. The molecule has 8 fully saturated rings. The zero-order chi connectivity index (χ0) is 46.6.